The average Bonchev–Trinajstić information content (AvgIpc) is 3.23. The van der Waals surface area contributed by atoms with Gasteiger partial charge in [-0.25, -0.2) is 15.0 Å². The summed E-state index contributed by atoms with van der Waals surface area (Å²) in [5.41, 5.74) is 1.23. The van der Waals surface area contributed by atoms with E-state index in [2.05, 4.69) is 29.0 Å². The minimum absolute atomic E-state index is 0.692. The van der Waals surface area contributed by atoms with Crippen molar-refractivity contribution in [2.75, 3.05) is 0 Å². The minimum Gasteiger partial charge on any atom is -0.254 e. The molecule has 0 aliphatic heterocycles. The molecule has 4 aromatic rings. The molecular weight excluding hydrogens is 406 g/mol. The lowest BCUT2D eigenvalue weighted by Crippen LogP contribution is -1.96. The average molecular weight is 420 g/mol. The first-order valence-electron chi connectivity index (χ1n) is 7.78. The molecule has 5 nitrogen and oxygen atoms in total. The molecule has 1 aromatic carbocycles. The summed E-state index contributed by atoms with van der Waals surface area (Å²) < 4.78 is 0. The molecule has 0 saturated carbocycles. The molecule has 0 aliphatic carbocycles. The second-order valence-corrected chi connectivity index (χ2v) is 9.21. The molecule has 26 heavy (non-hydrogen) atoms. The molecule has 0 atom stereocenters. The van der Waals surface area contributed by atoms with Gasteiger partial charge in [-0.1, -0.05) is 11.6 Å². The zero-order valence-corrected chi connectivity index (χ0v) is 17.2. The van der Waals surface area contributed by atoms with E-state index in [1.54, 1.807) is 23.1 Å². The number of nitrogens with zero attached hydrogens (tertiary/aromatic N) is 4. The van der Waals surface area contributed by atoms with Crippen molar-refractivity contribution < 1.29 is 0 Å². The number of aromatic amines is 1. The highest BCUT2D eigenvalue weighted by molar-refractivity contribution is 7.99. The molecule has 0 bridgehead atoms. The Hall–Kier alpha value is -1.61. The maximum Gasteiger partial charge on any atom is 0.189 e. The summed E-state index contributed by atoms with van der Waals surface area (Å²) in [6.45, 7) is 4.23. The van der Waals surface area contributed by atoms with E-state index < -0.39 is 0 Å². The second-order valence-electron chi connectivity index (χ2n) is 5.54. The van der Waals surface area contributed by atoms with Crippen molar-refractivity contribution in [3.8, 4) is 0 Å². The summed E-state index contributed by atoms with van der Waals surface area (Å²) >= 11 is 10.8. The number of halogens is 1. The van der Waals surface area contributed by atoms with Gasteiger partial charge in [0.15, 0.2) is 5.16 Å². The number of fused-ring (bicyclic) bond motifs is 1. The molecule has 1 N–H and O–H groups in total. The van der Waals surface area contributed by atoms with Crippen LogP contribution in [-0.4, -0.2) is 25.1 Å². The van der Waals surface area contributed by atoms with Crippen LogP contribution in [0.3, 0.4) is 0 Å². The lowest BCUT2D eigenvalue weighted by atomic mass is 10.2. The SMILES string of the molecule is Cc1sc2nc(CSc3ccc(Cl)cc3)nc(Sc3ncn[nH]3)c2c1C. The van der Waals surface area contributed by atoms with Crippen molar-refractivity contribution in [2.45, 2.75) is 34.7 Å². The third kappa shape index (κ3) is 3.73. The number of H-pyrrole nitrogens is 1. The van der Waals surface area contributed by atoms with Gasteiger partial charge in [0.05, 0.1) is 5.75 Å². The molecule has 0 fully saturated rings. The highest BCUT2D eigenvalue weighted by Gasteiger charge is 2.16. The van der Waals surface area contributed by atoms with E-state index in [1.807, 2.05) is 24.3 Å². The number of aryl methyl sites for hydroxylation is 2. The summed E-state index contributed by atoms with van der Waals surface area (Å²) in [5.74, 6) is 1.50. The first-order valence-corrected chi connectivity index (χ1v) is 10.8. The standard InChI is InChI=1S/C17H14ClN5S3/c1-9-10(2)25-15-14(9)16(26-17-19-8-20-23-17)22-13(21-15)7-24-12-5-3-11(18)4-6-12/h3-6,8H,7H2,1-2H3,(H,19,20,23). The number of thiophene rings is 1. The lowest BCUT2D eigenvalue weighted by molar-refractivity contribution is 0.956. The van der Waals surface area contributed by atoms with Crippen molar-refractivity contribution in [3.63, 3.8) is 0 Å². The second kappa shape index (κ2) is 7.56. The van der Waals surface area contributed by atoms with Gasteiger partial charge in [-0.3, -0.25) is 5.10 Å². The van der Waals surface area contributed by atoms with Crippen LogP contribution in [0.2, 0.25) is 5.02 Å². The van der Waals surface area contributed by atoms with E-state index in [-0.39, 0.29) is 0 Å². The minimum atomic E-state index is 0.692. The predicted molar refractivity (Wildman–Crippen MR) is 108 cm³/mol. The van der Waals surface area contributed by atoms with E-state index in [0.717, 1.165) is 36.1 Å². The summed E-state index contributed by atoms with van der Waals surface area (Å²) in [4.78, 5) is 17.2. The van der Waals surface area contributed by atoms with Crippen LogP contribution < -0.4 is 0 Å². The Balaban J connectivity index is 1.67. The Morgan fingerprint density at radius 2 is 1.96 bits per heavy atom. The Morgan fingerprint density at radius 3 is 2.69 bits per heavy atom. The Morgan fingerprint density at radius 1 is 1.15 bits per heavy atom. The Bertz CT molecular complexity index is 1040. The smallest absolute Gasteiger partial charge is 0.189 e. The van der Waals surface area contributed by atoms with Crippen molar-refractivity contribution in [1.82, 2.24) is 25.1 Å². The van der Waals surface area contributed by atoms with Crippen LogP contribution in [0.1, 0.15) is 16.3 Å². The fourth-order valence-corrected chi connectivity index (χ4v) is 5.28. The fraction of sp³-hybridized carbons (Fsp3) is 0.176. The van der Waals surface area contributed by atoms with Gasteiger partial charge < -0.3 is 0 Å². The number of benzene rings is 1. The van der Waals surface area contributed by atoms with Gasteiger partial charge in [-0.15, -0.1) is 23.1 Å². The molecule has 0 aliphatic rings. The maximum atomic E-state index is 5.95. The van der Waals surface area contributed by atoms with Gasteiger partial charge in [-0.2, -0.15) is 5.10 Å². The molecule has 9 heteroatoms. The molecule has 0 unspecified atom stereocenters. The van der Waals surface area contributed by atoms with Gasteiger partial charge in [0, 0.05) is 20.2 Å². The fourth-order valence-electron chi connectivity index (χ4n) is 2.41. The van der Waals surface area contributed by atoms with E-state index in [1.165, 1.54) is 28.5 Å². The van der Waals surface area contributed by atoms with Crippen LogP contribution in [-0.2, 0) is 5.75 Å². The normalized spacial score (nSPS) is 11.3. The van der Waals surface area contributed by atoms with E-state index in [4.69, 9.17) is 21.6 Å². The summed E-state index contributed by atoms with van der Waals surface area (Å²) in [6, 6.07) is 7.81. The molecule has 3 aromatic heterocycles. The maximum absolute atomic E-state index is 5.95. The van der Waals surface area contributed by atoms with Gasteiger partial charge in [0.1, 0.15) is 22.0 Å². The molecule has 4 rings (SSSR count). The van der Waals surface area contributed by atoms with Crippen LogP contribution in [0.25, 0.3) is 10.2 Å². The number of hydrogen-bond donors (Lipinski definition) is 1. The molecule has 0 radical (unpaired) electrons. The van der Waals surface area contributed by atoms with Gasteiger partial charge in [0.2, 0.25) is 0 Å². The van der Waals surface area contributed by atoms with Gasteiger partial charge >= 0.3 is 0 Å². The quantitative estimate of drug-likeness (QED) is 0.339. The van der Waals surface area contributed by atoms with Crippen molar-refractivity contribution in [1.29, 1.82) is 0 Å². The Labute approximate surface area is 168 Å². The number of nitrogens with one attached hydrogen (secondary N) is 1. The topological polar surface area (TPSA) is 67.3 Å². The zero-order valence-electron chi connectivity index (χ0n) is 14.0. The molecular formula is C17H14ClN5S3. The highest BCUT2D eigenvalue weighted by atomic mass is 35.5. The van der Waals surface area contributed by atoms with Crippen molar-refractivity contribution in [3.05, 3.63) is 51.9 Å². The molecule has 0 spiro atoms. The molecule has 0 amide bonds. The number of thioether (sulfide) groups is 1. The van der Waals surface area contributed by atoms with Crippen LogP contribution in [0.15, 0.2) is 45.7 Å². The lowest BCUT2D eigenvalue weighted by Gasteiger charge is -2.06. The number of aromatic nitrogens is 5. The van der Waals surface area contributed by atoms with Crippen LogP contribution in [0.4, 0.5) is 0 Å². The first kappa shape index (κ1) is 17.8. The predicted octanol–water partition coefficient (Wildman–Crippen LogP) is 5.52. The van der Waals surface area contributed by atoms with Crippen molar-refractivity contribution >= 4 is 56.7 Å². The summed E-state index contributed by atoms with van der Waals surface area (Å²) in [6.07, 6.45) is 1.50. The van der Waals surface area contributed by atoms with E-state index in [9.17, 15) is 0 Å². The van der Waals surface area contributed by atoms with Crippen molar-refractivity contribution in [2.24, 2.45) is 0 Å². The largest absolute Gasteiger partial charge is 0.254 e. The Kier molecular flexibility index (Phi) is 5.17. The molecule has 0 saturated heterocycles. The van der Waals surface area contributed by atoms with Crippen LogP contribution in [0.5, 0.6) is 0 Å². The van der Waals surface area contributed by atoms with Crippen LogP contribution >= 0.6 is 46.5 Å². The van der Waals surface area contributed by atoms with Gasteiger partial charge in [-0.05, 0) is 55.4 Å². The number of rotatable bonds is 5. The third-order valence-electron chi connectivity index (χ3n) is 3.81. The number of hydrogen-bond acceptors (Lipinski definition) is 7. The summed E-state index contributed by atoms with van der Waals surface area (Å²) in [5, 5.41) is 10.3. The molecule has 3 heterocycles. The van der Waals surface area contributed by atoms with Crippen LogP contribution in [0, 0.1) is 13.8 Å². The van der Waals surface area contributed by atoms with Gasteiger partial charge in [0.25, 0.3) is 0 Å². The highest BCUT2D eigenvalue weighted by Crippen LogP contribution is 2.37. The zero-order chi connectivity index (χ0) is 18.1. The monoisotopic (exact) mass is 419 g/mol. The third-order valence-corrected chi connectivity index (χ3v) is 7.05. The summed E-state index contributed by atoms with van der Waals surface area (Å²) in [7, 11) is 0. The van der Waals surface area contributed by atoms with E-state index >= 15 is 0 Å². The van der Waals surface area contributed by atoms with E-state index in [0.29, 0.717) is 5.75 Å². The first-order chi connectivity index (χ1) is 12.6. The molecule has 132 valence electrons.